The number of likely N-dealkylation sites (N-methyl/N-ethyl adjacent to an activating group) is 1. The molecule has 0 atom stereocenters. The average molecular weight is 354 g/mol. The molecule has 124 valence electrons. The molecule has 0 bridgehead atoms. The van der Waals surface area contributed by atoms with Crippen LogP contribution in [-0.4, -0.2) is 38.0 Å². The van der Waals surface area contributed by atoms with Gasteiger partial charge in [-0.1, -0.05) is 35.9 Å². The number of rotatable bonds is 7. The maximum absolute atomic E-state index is 12.5. The molecule has 4 nitrogen and oxygen atoms in total. The summed E-state index contributed by atoms with van der Waals surface area (Å²) in [5, 5.41) is 9.41. The Labute approximate surface area is 142 Å². The van der Waals surface area contributed by atoms with Gasteiger partial charge >= 0.3 is 0 Å². The Hall–Kier alpha value is -1.40. The molecule has 1 N–H and O–H groups in total. The largest absolute Gasteiger partial charge is 0.396 e. The van der Waals surface area contributed by atoms with Crippen molar-refractivity contribution in [2.75, 3.05) is 20.2 Å². The summed E-state index contributed by atoms with van der Waals surface area (Å²) in [4.78, 5) is 0.239. The van der Waals surface area contributed by atoms with Crippen molar-refractivity contribution in [2.45, 2.75) is 17.7 Å². The van der Waals surface area contributed by atoms with E-state index in [1.165, 1.54) is 16.4 Å². The average Bonchev–Trinajstić information content (AvgIpc) is 2.54. The Bertz CT molecular complexity index is 727. The Kier molecular flexibility index (Phi) is 6.18. The van der Waals surface area contributed by atoms with Crippen LogP contribution in [0.5, 0.6) is 0 Å². The molecular formula is C17H20ClNO3S. The summed E-state index contributed by atoms with van der Waals surface area (Å²) in [6.07, 6.45) is 1.26. The second-order valence-electron chi connectivity index (χ2n) is 5.32. The number of benzene rings is 2. The first kappa shape index (κ1) is 17.9. The van der Waals surface area contributed by atoms with Crippen LogP contribution in [0.4, 0.5) is 0 Å². The molecule has 0 aliphatic carbocycles. The van der Waals surface area contributed by atoms with Gasteiger partial charge in [0.1, 0.15) is 0 Å². The van der Waals surface area contributed by atoms with Gasteiger partial charge in [-0.05, 0) is 48.2 Å². The lowest BCUT2D eigenvalue weighted by atomic mass is 10.1. The van der Waals surface area contributed by atoms with Crippen LogP contribution in [0.25, 0.3) is 0 Å². The molecule has 0 saturated carbocycles. The molecule has 6 heteroatoms. The van der Waals surface area contributed by atoms with Gasteiger partial charge in [-0.25, -0.2) is 12.7 Å². The third-order valence-corrected chi connectivity index (χ3v) is 5.78. The number of hydrogen-bond acceptors (Lipinski definition) is 3. The maximum atomic E-state index is 12.5. The lowest BCUT2D eigenvalue weighted by Crippen LogP contribution is -2.29. The van der Waals surface area contributed by atoms with E-state index < -0.39 is 10.0 Å². The fourth-order valence-corrected chi connectivity index (χ4v) is 3.49. The highest BCUT2D eigenvalue weighted by atomic mass is 35.5. The number of halogens is 1. The summed E-state index contributed by atoms with van der Waals surface area (Å²) in [5.74, 6) is 0. The minimum Gasteiger partial charge on any atom is -0.396 e. The molecule has 0 unspecified atom stereocenters. The Morgan fingerprint density at radius 2 is 1.48 bits per heavy atom. The Morgan fingerprint density at radius 3 is 2.00 bits per heavy atom. The topological polar surface area (TPSA) is 57.6 Å². The molecule has 0 spiro atoms. The predicted molar refractivity (Wildman–Crippen MR) is 92.2 cm³/mol. The van der Waals surface area contributed by atoms with Crippen LogP contribution in [-0.2, 0) is 22.9 Å². The number of aliphatic hydroxyl groups is 1. The first-order chi connectivity index (χ1) is 10.9. The molecular weight excluding hydrogens is 334 g/mol. The third-order valence-electron chi connectivity index (χ3n) is 3.66. The van der Waals surface area contributed by atoms with Crippen molar-refractivity contribution < 1.29 is 13.5 Å². The molecule has 0 fully saturated rings. The van der Waals surface area contributed by atoms with Crippen molar-refractivity contribution in [3.05, 3.63) is 64.7 Å². The number of aliphatic hydroxyl groups excluding tert-OH is 1. The zero-order valence-electron chi connectivity index (χ0n) is 12.9. The summed E-state index contributed by atoms with van der Waals surface area (Å²) in [7, 11) is -1.93. The third kappa shape index (κ3) is 4.78. The van der Waals surface area contributed by atoms with Crippen LogP contribution in [0.3, 0.4) is 0 Å². The molecule has 0 aliphatic rings. The van der Waals surface area contributed by atoms with Gasteiger partial charge in [0.15, 0.2) is 0 Å². The second kappa shape index (κ2) is 7.93. The zero-order chi connectivity index (χ0) is 16.9. The summed E-state index contributed by atoms with van der Waals surface area (Å²) >= 11 is 5.79. The van der Waals surface area contributed by atoms with Crippen molar-refractivity contribution in [1.82, 2.24) is 4.31 Å². The van der Waals surface area contributed by atoms with Gasteiger partial charge in [-0.2, -0.15) is 0 Å². The Morgan fingerprint density at radius 1 is 0.957 bits per heavy atom. The fraction of sp³-hybridized carbons (Fsp3) is 0.294. The van der Waals surface area contributed by atoms with E-state index in [-0.39, 0.29) is 11.5 Å². The van der Waals surface area contributed by atoms with Gasteiger partial charge in [-0.15, -0.1) is 0 Å². The van der Waals surface area contributed by atoms with Crippen LogP contribution in [0.2, 0.25) is 5.02 Å². The zero-order valence-corrected chi connectivity index (χ0v) is 14.5. The van der Waals surface area contributed by atoms with Crippen LogP contribution < -0.4 is 0 Å². The first-order valence-corrected chi connectivity index (χ1v) is 9.16. The van der Waals surface area contributed by atoms with Crippen LogP contribution in [0.1, 0.15) is 11.1 Å². The Balaban J connectivity index is 2.00. The monoisotopic (exact) mass is 353 g/mol. The molecule has 0 saturated heterocycles. The number of sulfonamides is 1. The van der Waals surface area contributed by atoms with Crippen molar-refractivity contribution in [3.8, 4) is 0 Å². The smallest absolute Gasteiger partial charge is 0.242 e. The molecule has 0 heterocycles. The normalized spacial score (nSPS) is 11.8. The lowest BCUT2D eigenvalue weighted by molar-refractivity contribution is 0.299. The highest BCUT2D eigenvalue weighted by molar-refractivity contribution is 7.89. The molecule has 23 heavy (non-hydrogen) atoms. The van der Waals surface area contributed by atoms with Gasteiger partial charge in [0.05, 0.1) is 4.90 Å². The van der Waals surface area contributed by atoms with E-state index in [1.54, 1.807) is 19.2 Å². The van der Waals surface area contributed by atoms with Gasteiger partial charge < -0.3 is 5.11 Å². The quantitative estimate of drug-likeness (QED) is 0.832. The van der Waals surface area contributed by atoms with E-state index >= 15 is 0 Å². The molecule has 2 aromatic carbocycles. The van der Waals surface area contributed by atoms with Crippen LogP contribution >= 0.6 is 11.6 Å². The van der Waals surface area contributed by atoms with E-state index in [0.717, 1.165) is 11.1 Å². The molecule has 2 rings (SSSR count). The number of hydrogen-bond donors (Lipinski definition) is 1. The van der Waals surface area contributed by atoms with Crippen molar-refractivity contribution >= 4 is 21.6 Å². The van der Waals surface area contributed by atoms with Gasteiger partial charge in [-0.3, -0.25) is 0 Å². The summed E-state index contributed by atoms with van der Waals surface area (Å²) < 4.78 is 26.3. The van der Waals surface area contributed by atoms with Crippen molar-refractivity contribution in [2.24, 2.45) is 0 Å². The van der Waals surface area contributed by atoms with Crippen LogP contribution in [0, 0.1) is 0 Å². The van der Waals surface area contributed by atoms with Crippen LogP contribution in [0.15, 0.2) is 53.4 Å². The predicted octanol–water partition coefficient (Wildman–Crippen LogP) is 2.74. The van der Waals surface area contributed by atoms with E-state index in [1.807, 2.05) is 24.3 Å². The van der Waals surface area contributed by atoms with E-state index in [9.17, 15) is 8.42 Å². The fourth-order valence-electron chi connectivity index (χ4n) is 2.19. The number of nitrogens with zero attached hydrogens (tertiary/aromatic N) is 1. The highest BCUT2D eigenvalue weighted by Crippen LogP contribution is 2.18. The van der Waals surface area contributed by atoms with Gasteiger partial charge in [0, 0.05) is 25.2 Å². The minimum atomic E-state index is -3.50. The van der Waals surface area contributed by atoms with Crippen molar-refractivity contribution in [1.29, 1.82) is 0 Å². The maximum Gasteiger partial charge on any atom is 0.242 e. The lowest BCUT2D eigenvalue weighted by Gasteiger charge is -2.17. The second-order valence-corrected chi connectivity index (χ2v) is 7.80. The summed E-state index contributed by atoms with van der Waals surface area (Å²) in [6.45, 7) is 0.520. The minimum absolute atomic E-state index is 0.126. The van der Waals surface area contributed by atoms with Crippen molar-refractivity contribution in [3.63, 3.8) is 0 Å². The molecule has 0 amide bonds. The molecule has 0 radical (unpaired) electrons. The van der Waals surface area contributed by atoms with Gasteiger partial charge in [0.2, 0.25) is 10.0 Å². The summed E-state index contributed by atoms with van der Waals surface area (Å²) in [5.41, 5.74) is 2.13. The van der Waals surface area contributed by atoms with E-state index in [0.29, 0.717) is 24.4 Å². The standard InChI is InChI=1S/C17H20ClNO3S/c1-19(23(21,22)17-8-6-16(18)7-9-17)12-10-14-2-4-15(5-3-14)11-13-20/h2-9,20H,10-13H2,1H3. The molecule has 2 aromatic rings. The van der Waals surface area contributed by atoms with Gasteiger partial charge in [0.25, 0.3) is 0 Å². The highest BCUT2D eigenvalue weighted by Gasteiger charge is 2.20. The summed E-state index contributed by atoms with van der Waals surface area (Å²) in [6, 6.07) is 14.0. The first-order valence-electron chi connectivity index (χ1n) is 7.34. The van der Waals surface area contributed by atoms with E-state index in [2.05, 4.69) is 0 Å². The SMILES string of the molecule is CN(CCc1ccc(CCO)cc1)S(=O)(=O)c1ccc(Cl)cc1. The van der Waals surface area contributed by atoms with E-state index in [4.69, 9.17) is 16.7 Å². The molecule has 0 aliphatic heterocycles. The molecule has 0 aromatic heterocycles.